The number of aliphatic carboxylic acids is 6. The van der Waals surface area contributed by atoms with Crippen LogP contribution in [-0.2, 0) is 51.2 Å². The summed E-state index contributed by atoms with van der Waals surface area (Å²) in [6.07, 6.45) is 0.598. The maximum atomic E-state index is 14.2. The Balaban J connectivity index is 1.25. The van der Waals surface area contributed by atoms with E-state index < -0.39 is 84.6 Å². The average Bonchev–Trinajstić information content (AvgIpc) is 3.36. The van der Waals surface area contributed by atoms with Gasteiger partial charge in [0.2, 0.25) is 11.8 Å². The predicted molar refractivity (Wildman–Crippen MR) is 273 cm³/mol. The Hall–Kier alpha value is -7.74. The quantitative estimate of drug-likeness (QED) is 0.0510. The SMILES string of the molecule is O=C(O)CC[C@H](NC(=O)N[C@@H](CCCCNC(=O)[C@H](Cc1ccc2ccccc2c1)NC(=O)c1ccc2c(c1)CCCN2C(=O)CN1CCN(CC(=O)O)CCN(CC(=O)O)CCN(CC(=O)O)CC1)C(=O)O)C(=O)O. The summed E-state index contributed by atoms with van der Waals surface area (Å²) >= 11 is 0. The number of nitrogens with zero attached hydrogens (tertiary/aromatic N) is 5. The van der Waals surface area contributed by atoms with Crippen molar-refractivity contribution < 1.29 is 78.6 Å². The maximum absolute atomic E-state index is 14.2. The molecule has 25 nitrogen and oxygen atoms in total. The number of carbonyl (C=O) groups excluding carboxylic acids is 4. The highest BCUT2D eigenvalue weighted by atomic mass is 16.4. The summed E-state index contributed by atoms with van der Waals surface area (Å²) in [6, 6.07) is 13.1. The van der Waals surface area contributed by atoms with Crippen LogP contribution in [-0.4, -0.2) is 220 Å². The van der Waals surface area contributed by atoms with Gasteiger partial charge in [0.05, 0.1) is 26.2 Å². The van der Waals surface area contributed by atoms with Gasteiger partial charge in [0, 0.05) is 89.5 Å². The molecule has 25 heteroatoms. The van der Waals surface area contributed by atoms with Gasteiger partial charge in [0.25, 0.3) is 5.91 Å². The van der Waals surface area contributed by atoms with Gasteiger partial charge in [0.15, 0.2) is 0 Å². The first kappa shape index (κ1) is 59.1. The first-order chi connectivity index (χ1) is 36.2. The van der Waals surface area contributed by atoms with Crippen LogP contribution in [0.5, 0.6) is 0 Å². The summed E-state index contributed by atoms with van der Waals surface area (Å²) in [7, 11) is 0. The minimum atomic E-state index is -1.56. The molecule has 0 aromatic heterocycles. The highest BCUT2D eigenvalue weighted by Crippen LogP contribution is 2.29. The van der Waals surface area contributed by atoms with Gasteiger partial charge >= 0.3 is 41.8 Å². The Bertz CT molecular complexity index is 2550. The molecular formula is C51H67N9O16. The van der Waals surface area contributed by atoms with Crippen LogP contribution < -0.4 is 26.2 Å². The van der Waals surface area contributed by atoms with Crippen molar-refractivity contribution in [3.05, 3.63) is 77.4 Å². The molecule has 10 N–H and O–H groups in total. The molecule has 0 radical (unpaired) electrons. The van der Waals surface area contributed by atoms with Gasteiger partial charge in [0.1, 0.15) is 18.1 Å². The lowest BCUT2D eigenvalue weighted by Crippen LogP contribution is -2.51. The maximum Gasteiger partial charge on any atom is 0.326 e. The predicted octanol–water partition coefficient (Wildman–Crippen LogP) is 0.292. The molecular weight excluding hydrogens is 995 g/mol. The monoisotopic (exact) mass is 1060 g/mol. The van der Waals surface area contributed by atoms with Crippen molar-refractivity contribution in [2.24, 2.45) is 0 Å². The zero-order chi connectivity index (χ0) is 55.3. The zero-order valence-corrected chi connectivity index (χ0v) is 42.1. The summed E-state index contributed by atoms with van der Waals surface area (Å²) in [5.74, 6) is -8.71. The Morgan fingerprint density at radius 3 is 1.61 bits per heavy atom. The van der Waals surface area contributed by atoms with Crippen LogP contribution in [0.3, 0.4) is 0 Å². The van der Waals surface area contributed by atoms with E-state index >= 15 is 0 Å². The molecule has 76 heavy (non-hydrogen) atoms. The topological polar surface area (TPSA) is 356 Å². The summed E-state index contributed by atoms with van der Waals surface area (Å²) in [5.41, 5.74) is 2.30. The molecule has 2 aliphatic heterocycles. The van der Waals surface area contributed by atoms with Crippen LogP contribution in [0.2, 0.25) is 0 Å². The number of amides is 5. The van der Waals surface area contributed by atoms with E-state index in [1.165, 1.54) is 0 Å². The molecule has 0 saturated carbocycles. The van der Waals surface area contributed by atoms with Gasteiger partial charge in [-0.3, -0.25) is 53.2 Å². The van der Waals surface area contributed by atoms with Crippen molar-refractivity contribution in [1.29, 1.82) is 0 Å². The van der Waals surface area contributed by atoms with Crippen molar-refractivity contribution in [2.75, 3.05) is 96.5 Å². The fraction of sp³-hybridized carbons (Fsp3) is 0.490. The third-order valence-corrected chi connectivity index (χ3v) is 13.1. The molecule has 3 aromatic carbocycles. The summed E-state index contributed by atoms with van der Waals surface area (Å²) in [4.78, 5) is 133. The van der Waals surface area contributed by atoms with Gasteiger partial charge in [-0.05, 0) is 78.6 Å². The van der Waals surface area contributed by atoms with E-state index in [1.54, 1.807) is 37.8 Å². The second-order valence-electron chi connectivity index (χ2n) is 18.8. The molecule has 5 rings (SSSR count). The number of carbonyl (C=O) groups is 10. The second kappa shape index (κ2) is 29.4. The van der Waals surface area contributed by atoms with Crippen molar-refractivity contribution in [1.82, 2.24) is 40.9 Å². The van der Waals surface area contributed by atoms with E-state index in [9.17, 15) is 73.5 Å². The lowest BCUT2D eigenvalue weighted by molar-refractivity contribution is -0.141. The van der Waals surface area contributed by atoms with E-state index in [2.05, 4.69) is 21.3 Å². The molecule has 5 amide bonds. The normalized spacial score (nSPS) is 16.3. The largest absolute Gasteiger partial charge is 0.481 e. The molecule has 0 unspecified atom stereocenters. The third-order valence-electron chi connectivity index (χ3n) is 13.1. The molecule has 2 aliphatic rings. The first-order valence-corrected chi connectivity index (χ1v) is 25.0. The number of hydrogen-bond acceptors (Lipinski definition) is 14. The van der Waals surface area contributed by atoms with Crippen LogP contribution in [0.1, 0.15) is 60.0 Å². The molecule has 1 saturated heterocycles. The number of urea groups is 1. The van der Waals surface area contributed by atoms with Crippen molar-refractivity contribution in [2.45, 2.75) is 69.5 Å². The number of nitrogens with one attached hydrogen (secondary N) is 4. The molecule has 3 atom stereocenters. The molecule has 3 aromatic rings. The zero-order valence-electron chi connectivity index (χ0n) is 42.1. The number of rotatable bonds is 25. The van der Waals surface area contributed by atoms with Gasteiger partial charge in [-0.2, -0.15) is 0 Å². The molecule has 2 heterocycles. The number of hydrogen-bond donors (Lipinski definition) is 10. The van der Waals surface area contributed by atoms with E-state index in [1.807, 2.05) is 47.4 Å². The van der Waals surface area contributed by atoms with E-state index in [0.717, 1.165) is 16.3 Å². The summed E-state index contributed by atoms with van der Waals surface area (Å²) in [5, 5.41) is 68.5. The third kappa shape index (κ3) is 19.5. The van der Waals surface area contributed by atoms with Crippen LogP contribution >= 0.6 is 0 Å². The van der Waals surface area contributed by atoms with Gasteiger partial charge in [-0.1, -0.05) is 42.5 Å². The van der Waals surface area contributed by atoms with Crippen LogP contribution in [0, 0.1) is 0 Å². The van der Waals surface area contributed by atoms with E-state index in [0.29, 0.717) is 30.6 Å². The van der Waals surface area contributed by atoms with Crippen molar-refractivity contribution >= 4 is 76.0 Å². The van der Waals surface area contributed by atoms with Gasteiger partial charge in [-0.25, -0.2) is 14.4 Å². The molecule has 1 fully saturated rings. The smallest absolute Gasteiger partial charge is 0.326 e. The fourth-order valence-corrected chi connectivity index (χ4v) is 9.06. The summed E-state index contributed by atoms with van der Waals surface area (Å²) in [6.45, 7) is 1.35. The Kier molecular flexibility index (Phi) is 22.9. The number of carboxylic acids is 6. The molecule has 0 spiro atoms. The van der Waals surface area contributed by atoms with Crippen molar-refractivity contribution in [3.8, 4) is 0 Å². The van der Waals surface area contributed by atoms with Gasteiger partial charge < -0.3 is 56.8 Å². The number of fused-ring (bicyclic) bond motifs is 2. The minimum absolute atomic E-state index is 0.0619. The average molecular weight is 1060 g/mol. The Morgan fingerprint density at radius 1 is 0.526 bits per heavy atom. The highest BCUT2D eigenvalue weighted by molar-refractivity contribution is 6.00. The lowest BCUT2D eigenvalue weighted by Gasteiger charge is -2.35. The fourth-order valence-electron chi connectivity index (χ4n) is 9.06. The molecule has 0 bridgehead atoms. The number of anilines is 1. The van der Waals surface area contributed by atoms with E-state index in [-0.39, 0.29) is 122 Å². The van der Waals surface area contributed by atoms with Gasteiger partial charge in [-0.15, -0.1) is 0 Å². The highest BCUT2D eigenvalue weighted by Gasteiger charge is 2.29. The molecule has 412 valence electrons. The number of carboxylic acid groups (broad SMARTS) is 6. The number of unbranched alkanes of at least 4 members (excludes halogenated alkanes) is 1. The number of benzene rings is 3. The molecule has 0 aliphatic carbocycles. The number of aryl methyl sites for hydroxylation is 1. The van der Waals surface area contributed by atoms with Crippen LogP contribution in [0.25, 0.3) is 10.8 Å². The Morgan fingerprint density at radius 2 is 1.07 bits per heavy atom. The Labute approximate surface area is 437 Å². The summed E-state index contributed by atoms with van der Waals surface area (Å²) < 4.78 is 0. The second-order valence-corrected chi connectivity index (χ2v) is 18.8. The minimum Gasteiger partial charge on any atom is -0.481 e. The van der Waals surface area contributed by atoms with Crippen molar-refractivity contribution in [3.63, 3.8) is 0 Å². The first-order valence-electron chi connectivity index (χ1n) is 25.0. The standard InChI is InChI=1S/C51H67N9O16/c61-42(29-56-18-20-57(30-44(64)65)22-24-59(32-46(68)69)25-23-58(21-19-56)31-45(66)67)60-17-5-8-36-28-37(12-14-41(36)60)47(70)53-40(27-33-10-11-34-6-1-2-7-35(34)26-33)48(71)52-16-4-3-9-38(49(72)73)54-51(76)55-39(50(74)75)13-15-43(62)63/h1-2,6-7,10-12,14,26,28,38-40H,3-5,8-9,13,15-25,27,29-32H2,(H,52,71)(H,53,70)(H,62,63)(H,64,65)(H,66,67)(H,68,69)(H,72,73)(H,74,75)(H2,54,55,76)/t38-,39-,40-/m0/s1. The lowest BCUT2D eigenvalue weighted by atomic mass is 9.98. The van der Waals surface area contributed by atoms with Crippen LogP contribution in [0.15, 0.2) is 60.7 Å². The van der Waals surface area contributed by atoms with Crippen LogP contribution in [0.4, 0.5) is 10.5 Å². The van der Waals surface area contributed by atoms with E-state index in [4.69, 9.17) is 5.11 Å².